The van der Waals surface area contributed by atoms with Crippen molar-refractivity contribution < 1.29 is 9.90 Å². The largest absolute Gasteiger partial charge is 0.387 e. The summed E-state index contributed by atoms with van der Waals surface area (Å²) in [5.41, 5.74) is 6.95. The van der Waals surface area contributed by atoms with Gasteiger partial charge in [0, 0.05) is 6.54 Å². The lowest BCUT2D eigenvalue weighted by Crippen LogP contribution is -2.38. The van der Waals surface area contributed by atoms with Gasteiger partial charge in [-0.1, -0.05) is 71.8 Å². The van der Waals surface area contributed by atoms with E-state index in [2.05, 4.69) is 79.2 Å². The minimum atomic E-state index is -0.554. The predicted molar refractivity (Wildman–Crippen MR) is 135 cm³/mol. The summed E-state index contributed by atoms with van der Waals surface area (Å²) in [6.45, 7) is 6.00. The molecule has 176 valence electrons. The van der Waals surface area contributed by atoms with Gasteiger partial charge in [-0.25, -0.2) is 0 Å². The molecular weight excluding hydrogens is 424 g/mol. The minimum absolute atomic E-state index is 0.0358. The number of carbonyl (C=O) groups excluding carboxylic acids is 1. The summed E-state index contributed by atoms with van der Waals surface area (Å²) in [7, 11) is 0. The third-order valence-corrected chi connectivity index (χ3v) is 6.44. The fourth-order valence-electron chi connectivity index (χ4n) is 4.51. The fraction of sp³-hybridized carbons (Fsp3) is 0.286. The Morgan fingerprint density at radius 2 is 1.47 bits per heavy atom. The fourth-order valence-corrected chi connectivity index (χ4v) is 4.51. The molecule has 0 saturated heterocycles. The Kier molecular flexibility index (Phi) is 6.98. The first-order valence-electron chi connectivity index (χ1n) is 11.6. The molecule has 1 amide bonds. The van der Waals surface area contributed by atoms with Crippen molar-refractivity contribution in [2.75, 3.05) is 13.2 Å². The molecule has 3 aromatic carbocycles. The normalized spacial score (nSPS) is 13.1. The van der Waals surface area contributed by atoms with E-state index in [0.717, 1.165) is 22.2 Å². The number of nitrogens with one attached hydrogen (secondary N) is 2. The van der Waals surface area contributed by atoms with Crippen molar-refractivity contribution in [3.63, 3.8) is 0 Å². The average Bonchev–Trinajstić information content (AvgIpc) is 3.14. The van der Waals surface area contributed by atoms with Gasteiger partial charge >= 0.3 is 0 Å². The number of nitrogens with zero attached hydrogens (tertiary/aromatic N) is 2. The lowest BCUT2D eigenvalue weighted by molar-refractivity contribution is -0.123. The van der Waals surface area contributed by atoms with Crippen molar-refractivity contribution in [3.8, 4) is 0 Å². The summed E-state index contributed by atoms with van der Waals surface area (Å²) in [5.74, 6) is -0.419. The summed E-state index contributed by atoms with van der Waals surface area (Å²) < 4.78 is 4.06. The van der Waals surface area contributed by atoms with E-state index in [1.807, 2.05) is 28.8 Å². The van der Waals surface area contributed by atoms with E-state index in [1.54, 1.807) is 0 Å². The summed E-state index contributed by atoms with van der Waals surface area (Å²) in [6, 6.07) is 24.6. The zero-order valence-corrected chi connectivity index (χ0v) is 20.0. The Hall–Kier alpha value is -3.64. The number of carbonyl (C=O) groups is 1. The number of hydrogen-bond acceptors (Lipinski definition) is 3. The maximum Gasteiger partial charge on any atom is 0.245 e. The molecule has 1 aromatic heterocycles. The molecule has 4 rings (SSSR count). The van der Waals surface area contributed by atoms with Crippen molar-refractivity contribution >= 4 is 16.9 Å². The minimum Gasteiger partial charge on any atom is -0.387 e. The molecule has 0 spiro atoms. The van der Waals surface area contributed by atoms with Gasteiger partial charge in [0.25, 0.3) is 0 Å². The van der Waals surface area contributed by atoms with E-state index in [1.165, 1.54) is 11.1 Å². The van der Waals surface area contributed by atoms with Gasteiger partial charge in [0.15, 0.2) is 0 Å². The average molecular weight is 457 g/mol. The third kappa shape index (κ3) is 4.82. The predicted octanol–water partition coefficient (Wildman–Crippen LogP) is 4.04. The topological polar surface area (TPSA) is 83.0 Å². The van der Waals surface area contributed by atoms with E-state index in [9.17, 15) is 15.3 Å². The molecular formula is C28H32N4O2. The Bertz CT molecular complexity index is 1330. The number of amides is 1. The molecule has 6 heteroatoms. The number of imidazole rings is 1. The quantitative estimate of drug-likeness (QED) is 0.374. The zero-order chi connectivity index (χ0) is 24.2. The van der Waals surface area contributed by atoms with Gasteiger partial charge in [0.2, 0.25) is 11.5 Å². The van der Waals surface area contributed by atoms with Crippen LogP contribution in [0.5, 0.6) is 0 Å². The summed E-state index contributed by atoms with van der Waals surface area (Å²) in [5, 5.41) is 21.3. The molecule has 0 aliphatic heterocycles. The molecule has 2 atom stereocenters. The first-order valence-corrected chi connectivity index (χ1v) is 11.6. The summed E-state index contributed by atoms with van der Waals surface area (Å²) in [4.78, 5) is 11.9. The van der Waals surface area contributed by atoms with Crippen LogP contribution in [0.3, 0.4) is 0 Å². The monoisotopic (exact) mass is 456 g/mol. The van der Waals surface area contributed by atoms with Gasteiger partial charge in [0.05, 0.1) is 23.1 Å². The molecule has 0 unspecified atom stereocenters. The highest BCUT2D eigenvalue weighted by atomic mass is 16.3. The van der Waals surface area contributed by atoms with Crippen molar-refractivity contribution in [1.82, 2.24) is 14.5 Å². The molecule has 4 aromatic rings. The number of para-hydroxylation sites is 2. The van der Waals surface area contributed by atoms with E-state index in [4.69, 9.17) is 0 Å². The second-order valence-electron chi connectivity index (χ2n) is 8.94. The highest BCUT2D eigenvalue weighted by molar-refractivity contribution is 5.77. The molecule has 0 aliphatic rings. The Morgan fingerprint density at radius 3 is 2.06 bits per heavy atom. The number of aryl methyl sites for hydroxylation is 2. The second-order valence-corrected chi connectivity index (χ2v) is 8.94. The number of benzene rings is 3. The Morgan fingerprint density at radius 1 is 0.912 bits per heavy atom. The molecule has 0 aliphatic carbocycles. The molecule has 34 heavy (non-hydrogen) atoms. The van der Waals surface area contributed by atoms with Crippen LogP contribution in [0, 0.1) is 19.3 Å². The SMILES string of the molecule is Cc1ccc(C[C@@H](CNC(=O)CO)n2c(=N)n([C@H](C)c3ccc(C)cc3)c3ccccc32)cc1. The van der Waals surface area contributed by atoms with Crippen LogP contribution >= 0.6 is 0 Å². The third-order valence-electron chi connectivity index (χ3n) is 6.44. The molecule has 6 nitrogen and oxygen atoms in total. The highest BCUT2D eigenvalue weighted by Crippen LogP contribution is 2.26. The van der Waals surface area contributed by atoms with Crippen LogP contribution in [0.25, 0.3) is 11.0 Å². The van der Waals surface area contributed by atoms with E-state index >= 15 is 0 Å². The van der Waals surface area contributed by atoms with Crippen LogP contribution in [0.15, 0.2) is 72.8 Å². The standard InChI is InChI=1S/C28H32N4O2/c1-19-8-12-22(13-9-19)16-24(17-30-27(34)18-33)32-26-7-5-4-6-25(26)31(28(32)29)21(3)23-14-10-20(2)11-15-23/h4-15,21,24,29,33H,16-18H2,1-3H3,(H,30,34)/t21-,24+/m1/s1. The first kappa shape index (κ1) is 23.5. The van der Waals surface area contributed by atoms with Gasteiger partial charge in [-0.15, -0.1) is 0 Å². The molecule has 0 bridgehead atoms. The maximum absolute atomic E-state index is 11.9. The summed E-state index contributed by atoms with van der Waals surface area (Å²) >= 11 is 0. The number of fused-ring (bicyclic) bond motifs is 1. The molecule has 0 saturated carbocycles. The molecule has 3 N–H and O–H groups in total. The Labute approximate surface area is 200 Å². The lowest BCUT2D eigenvalue weighted by Gasteiger charge is -2.21. The Balaban J connectivity index is 1.82. The number of aliphatic hydroxyl groups excluding tert-OH is 1. The van der Waals surface area contributed by atoms with E-state index in [-0.39, 0.29) is 12.1 Å². The number of aromatic nitrogens is 2. The van der Waals surface area contributed by atoms with Crippen molar-refractivity contribution in [3.05, 3.63) is 101 Å². The van der Waals surface area contributed by atoms with Gasteiger partial charge in [0.1, 0.15) is 6.61 Å². The molecule has 1 heterocycles. The van der Waals surface area contributed by atoms with Gasteiger partial charge < -0.3 is 19.6 Å². The van der Waals surface area contributed by atoms with Crippen LogP contribution in [-0.4, -0.2) is 33.3 Å². The lowest BCUT2D eigenvalue weighted by atomic mass is 10.0. The van der Waals surface area contributed by atoms with Crippen LogP contribution < -0.4 is 10.9 Å². The smallest absolute Gasteiger partial charge is 0.245 e. The highest BCUT2D eigenvalue weighted by Gasteiger charge is 2.22. The van der Waals surface area contributed by atoms with Crippen LogP contribution in [0.4, 0.5) is 0 Å². The molecule has 0 fully saturated rings. The zero-order valence-electron chi connectivity index (χ0n) is 20.0. The number of aliphatic hydroxyl groups is 1. The van der Waals surface area contributed by atoms with Crippen LogP contribution in [0.1, 0.15) is 41.3 Å². The molecule has 0 radical (unpaired) electrons. The van der Waals surface area contributed by atoms with E-state index in [0.29, 0.717) is 18.6 Å². The van der Waals surface area contributed by atoms with Crippen LogP contribution in [-0.2, 0) is 11.2 Å². The summed E-state index contributed by atoms with van der Waals surface area (Å²) in [6.07, 6.45) is 0.648. The van der Waals surface area contributed by atoms with Crippen molar-refractivity contribution in [1.29, 1.82) is 5.41 Å². The van der Waals surface area contributed by atoms with Crippen molar-refractivity contribution in [2.24, 2.45) is 0 Å². The van der Waals surface area contributed by atoms with Gasteiger partial charge in [-0.3, -0.25) is 10.2 Å². The number of rotatable bonds is 8. The van der Waals surface area contributed by atoms with Crippen molar-refractivity contribution in [2.45, 2.75) is 39.3 Å². The first-order chi connectivity index (χ1) is 16.4. The van der Waals surface area contributed by atoms with Gasteiger partial charge in [-0.05, 0) is 50.5 Å². The van der Waals surface area contributed by atoms with E-state index < -0.39 is 12.5 Å². The maximum atomic E-state index is 11.9. The second kappa shape index (κ2) is 10.1. The van der Waals surface area contributed by atoms with Gasteiger partial charge in [-0.2, -0.15) is 0 Å². The van der Waals surface area contributed by atoms with Crippen LogP contribution in [0.2, 0.25) is 0 Å². The number of hydrogen-bond donors (Lipinski definition) is 3.